The minimum Gasteiger partial charge on any atom is -0.324 e. The molecule has 1 aliphatic rings. The molecule has 0 saturated carbocycles. The fraction of sp³-hybridized carbons (Fsp3) is 0.438. The summed E-state index contributed by atoms with van der Waals surface area (Å²) in [7, 11) is 0. The number of hydrogen-bond acceptors (Lipinski definition) is 4. The Labute approximate surface area is 141 Å². The molecule has 0 spiro atoms. The minimum absolute atomic E-state index is 0. The zero-order valence-corrected chi connectivity index (χ0v) is 13.9. The molecule has 0 bridgehead atoms. The molecular weight excluding hydrogens is 318 g/mol. The third-order valence-electron chi connectivity index (χ3n) is 3.69. The van der Waals surface area contributed by atoms with Crippen LogP contribution in [0.2, 0.25) is 0 Å². The number of nitrogens with zero attached hydrogens (tertiary/aromatic N) is 1. The highest BCUT2D eigenvalue weighted by Gasteiger charge is 2.29. The quantitative estimate of drug-likeness (QED) is 0.773. The van der Waals surface area contributed by atoms with Gasteiger partial charge in [-0.25, -0.2) is 0 Å². The molecule has 1 aromatic carbocycles. The Morgan fingerprint density at radius 2 is 1.87 bits per heavy atom. The Bertz CT molecular complexity index is 576. The van der Waals surface area contributed by atoms with Gasteiger partial charge in [0.15, 0.2) is 0 Å². The van der Waals surface area contributed by atoms with E-state index in [9.17, 15) is 14.4 Å². The molecule has 1 aliphatic heterocycles. The van der Waals surface area contributed by atoms with E-state index in [0.717, 1.165) is 12.0 Å². The van der Waals surface area contributed by atoms with Crippen LogP contribution in [0, 0.1) is 0 Å². The zero-order valence-electron chi connectivity index (χ0n) is 13.1. The molecule has 6 nitrogen and oxygen atoms in total. The van der Waals surface area contributed by atoms with Gasteiger partial charge in [-0.1, -0.05) is 31.5 Å². The lowest BCUT2D eigenvalue weighted by Crippen LogP contribution is -2.36. The third kappa shape index (κ3) is 4.77. The first-order valence-electron chi connectivity index (χ1n) is 7.50. The van der Waals surface area contributed by atoms with Gasteiger partial charge in [-0.15, -0.1) is 12.4 Å². The van der Waals surface area contributed by atoms with Gasteiger partial charge in [0.05, 0.1) is 12.6 Å². The van der Waals surface area contributed by atoms with Gasteiger partial charge in [0.25, 0.3) is 0 Å². The number of nitrogens with one attached hydrogen (secondary N) is 1. The second-order valence-corrected chi connectivity index (χ2v) is 5.42. The number of rotatable bonds is 6. The van der Waals surface area contributed by atoms with Crippen LogP contribution in [0.1, 0.15) is 38.2 Å². The maximum absolute atomic E-state index is 12.0. The lowest BCUT2D eigenvalue weighted by atomic mass is 10.1. The molecule has 3 N–H and O–H groups in total. The average Bonchev–Trinajstić information content (AvgIpc) is 2.81. The Hall–Kier alpha value is -1.92. The fourth-order valence-electron chi connectivity index (χ4n) is 2.42. The van der Waals surface area contributed by atoms with Gasteiger partial charge in [-0.2, -0.15) is 0 Å². The standard InChI is InChI=1S/C16H21N3O3.ClH/c1-2-5-12(17)16(22)18-13-7-4-3-6-11(13)10-19-14(20)8-9-15(19)21;/h3-4,6-7,12H,2,5,8-10,17H2,1H3,(H,18,22);1H. The molecule has 7 heteroatoms. The largest absolute Gasteiger partial charge is 0.324 e. The summed E-state index contributed by atoms with van der Waals surface area (Å²) in [5, 5.41) is 2.79. The predicted octanol–water partition coefficient (Wildman–Crippen LogP) is 1.82. The van der Waals surface area contributed by atoms with E-state index in [2.05, 4.69) is 5.32 Å². The van der Waals surface area contributed by atoms with Crippen LogP contribution in [0.4, 0.5) is 5.69 Å². The number of carbonyl (C=O) groups is 3. The molecule has 23 heavy (non-hydrogen) atoms. The highest BCUT2D eigenvalue weighted by atomic mass is 35.5. The molecule has 0 aromatic heterocycles. The Balaban J connectivity index is 0.00000264. The summed E-state index contributed by atoms with van der Waals surface area (Å²) in [5.74, 6) is -0.601. The van der Waals surface area contributed by atoms with E-state index in [4.69, 9.17) is 5.73 Å². The van der Waals surface area contributed by atoms with Gasteiger partial charge >= 0.3 is 0 Å². The van der Waals surface area contributed by atoms with Gasteiger partial charge in [-0.05, 0) is 18.1 Å². The van der Waals surface area contributed by atoms with Crippen LogP contribution in [-0.4, -0.2) is 28.7 Å². The van der Waals surface area contributed by atoms with Gasteiger partial charge in [0.1, 0.15) is 0 Å². The van der Waals surface area contributed by atoms with E-state index in [1.165, 1.54) is 4.90 Å². The molecule has 1 fully saturated rings. The molecule has 0 aliphatic carbocycles. The number of benzene rings is 1. The predicted molar refractivity (Wildman–Crippen MR) is 90.0 cm³/mol. The van der Waals surface area contributed by atoms with Crippen molar-refractivity contribution in [2.45, 2.75) is 45.2 Å². The van der Waals surface area contributed by atoms with Crippen molar-refractivity contribution < 1.29 is 14.4 Å². The van der Waals surface area contributed by atoms with Gasteiger partial charge in [0.2, 0.25) is 17.7 Å². The number of amides is 3. The summed E-state index contributed by atoms with van der Waals surface area (Å²) < 4.78 is 0. The first-order chi connectivity index (χ1) is 10.5. The summed E-state index contributed by atoms with van der Waals surface area (Å²) in [5.41, 5.74) is 7.12. The summed E-state index contributed by atoms with van der Waals surface area (Å²) in [6, 6.07) is 6.57. The highest BCUT2D eigenvalue weighted by molar-refractivity contribution is 6.02. The number of anilines is 1. The molecule has 2 rings (SSSR count). The van der Waals surface area contributed by atoms with Crippen molar-refractivity contribution in [2.24, 2.45) is 5.73 Å². The lowest BCUT2D eigenvalue weighted by molar-refractivity contribution is -0.139. The van der Waals surface area contributed by atoms with Crippen molar-refractivity contribution in [1.82, 2.24) is 4.90 Å². The van der Waals surface area contributed by atoms with Crippen molar-refractivity contribution in [2.75, 3.05) is 5.32 Å². The Kier molecular flexibility index (Phi) is 7.19. The first kappa shape index (κ1) is 19.1. The molecule has 126 valence electrons. The molecule has 3 amide bonds. The third-order valence-corrected chi connectivity index (χ3v) is 3.69. The fourth-order valence-corrected chi connectivity index (χ4v) is 2.42. The molecule has 1 unspecified atom stereocenters. The normalized spacial score (nSPS) is 15.3. The van der Waals surface area contributed by atoms with E-state index >= 15 is 0 Å². The van der Waals surface area contributed by atoms with Gasteiger partial charge in [0, 0.05) is 18.5 Å². The number of halogens is 1. The van der Waals surface area contributed by atoms with E-state index in [1.54, 1.807) is 18.2 Å². The SMILES string of the molecule is CCCC(N)C(=O)Nc1ccccc1CN1C(=O)CCC1=O.Cl. The number of imide groups is 1. The Morgan fingerprint density at radius 1 is 1.26 bits per heavy atom. The maximum Gasteiger partial charge on any atom is 0.241 e. The molecular formula is C16H22ClN3O3. The Morgan fingerprint density at radius 3 is 2.48 bits per heavy atom. The molecule has 1 atom stereocenters. The van der Waals surface area contributed by atoms with Crippen molar-refractivity contribution in [3.05, 3.63) is 29.8 Å². The van der Waals surface area contributed by atoms with Crippen LogP contribution in [0.5, 0.6) is 0 Å². The van der Waals surface area contributed by atoms with Crippen LogP contribution in [-0.2, 0) is 20.9 Å². The van der Waals surface area contributed by atoms with Gasteiger partial charge < -0.3 is 11.1 Å². The zero-order chi connectivity index (χ0) is 16.1. The van der Waals surface area contributed by atoms with E-state index in [0.29, 0.717) is 12.1 Å². The van der Waals surface area contributed by atoms with Crippen molar-refractivity contribution in [3.8, 4) is 0 Å². The number of para-hydroxylation sites is 1. The second-order valence-electron chi connectivity index (χ2n) is 5.42. The molecule has 0 radical (unpaired) electrons. The summed E-state index contributed by atoms with van der Waals surface area (Å²) in [6.45, 7) is 2.14. The average molecular weight is 340 g/mol. The molecule has 1 saturated heterocycles. The van der Waals surface area contributed by atoms with Crippen LogP contribution in [0.25, 0.3) is 0 Å². The smallest absolute Gasteiger partial charge is 0.241 e. The number of likely N-dealkylation sites (tertiary alicyclic amines) is 1. The van der Waals surface area contributed by atoms with Crippen LogP contribution < -0.4 is 11.1 Å². The van der Waals surface area contributed by atoms with Gasteiger partial charge in [-0.3, -0.25) is 19.3 Å². The number of hydrogen-bond donors (Lipinski definition) is 2. The summed E-state index contributed by atoms with van der Waals surface area (Å²) in [6.07, 6.45) is 1.95. The molecule has 1 heterocycles. The molecule has 1 aromatic rings. The van der Waals surface area contributed by atoms with Crippen LogP contribution >= 0.6 is 12.4 Å². The lowest BCUT2D eigenvalue weighted by Gasteiger charge is -2.18. The monoisotopic (exact) mass is 339 g/mol. The van der Waals surface area contributed by atoms with Crippen molar-refractivity contribution >= 4 is 35.8 Å². The van der Waals surface area contributed by atoms with Crippen LogP contribution in [0.3, 0.4) is 0 Å². The number of carbonyl (C=O) groups excluding carboxylic acids is 3. The summed E-state index contributed by atoms with van der Waals surface area (Å²) >= 11 is 0. The summed E-state index contributed by atoms with van der Waals surface area (Å²) in [4.78, 5) is 36.7. The van der Waals surface area contributed by atoms with Crippen molar-refractivity contribution in [3.63, 3.8) is 0 Å². The van der Waals surface area contributed by atoms with Crippen molar-refractivity contribution in [1.29, 1.82) is 0 Å². The minimum atomic E-state index is -0.562. The van der Waals surface area contributed by atoms with E-state index < -0.39 is 6.04 Å². The second kappa shape index (κ2) is 8.64. The maximum atomic E-state index is 12.0. The van der Waals surface area contributed by atoms with E-state index in [-0.39, 0.29) is 49.5 Å². The number of nitrogens with two attached hydrogens (primary N) is 1. The van der Waals surface area contributed by atoms with Crippen LogP contribution in [0.15, 0.2) is 24.3 Å². The first-order valence-corrected chi connectivity index (χ1v) is 7.50. The van der Waals surface area contributed by atoms with E-state index in [1.807, 2.05) is 13.0 Å². The highest BCUT2D eigenvalue weighted by Crippen LogP contribution is 2.21. The topological polar surface area (TPSA) is 92.5 Å².